The van der Waals surface area contributed by atoms with Crippen LogP contribution in [0.4, 0.5) is 0 Å². The van der Waals surface area contributed by atoms with E-state index in [2.05, 4.69) is 29.8 Å². The maximum absolute atomic E-state index is 10.4. The first-order valence-electron chi connectivity index (χ1n) is 5.65. The molecule has 0 amide bonds. The van der Waals surface area contributed by atoms with Crippen LogP contribution in [0.25, 0.3) is 0 Å². The summed E-state index contributed by atoms with van der Waals surface area (Å²) in [6.45, 7) is 4.12. The maximum atomic E-state index is 10.4. The van der Waals surface area contributed by atoms with Crippen LogP contribution in [-0.4, -0.2) is 16.2 Å². The van der Waals surface area contributed by atoms with Gasteiger partial charge in [0.25, 0.3) is 0 Å². The Kier molecular flexibility index (Phi) is 5.00. The van der Waals surface area contributed by atoms with Crippen LogP contribution in [0.2, 0.25) is 0 Å². The minimum atomic E-state index is -0.803. The number of phenols is 1. The van der Waals surface area contributed by atoms with Crippen LogP contribution in [-0.2, 0) is 11.2 Å². The van der Waals surface area contributed by atoms with Gasteiger partial charge in [-0.15, -0.1) is 0 Å². The molecule has 0 atom stereocenters. The fraction of sp³-hybridized carbons (Fsp3) is 0.462. The Morgan fingerprint density at radius 3 is 2.59 bits per heavy atom. The van der Waals surface area contributed by atoms with Crippen molar-refractivity contribution in [2.45, 2.75) is 39.0 Å². The van der Waals surface area contributed by atoms with E-state index in [0.717, 1.165) is 15.6 Å². The summed E-state index contributed by atoms with van der Waals surface area (Å²) in [7, 11) is 0. The zero-order valence-corrected chi connectivity index (χ0v) is 11.6. The molecule has 1 aromatic carbocycles. The molecule has 2 N–H and O–H groups in total. The van der Waals surface area contributed by atoms with E-state index in [-0.39, 0.29) is 12.2 Å². The molecule has 4 heteroatoms. The average Bonchev–Trinajstić information content (AvgIpc) is 2.21. The number of carbonyl (C=O) groups is 1. The molecule has 0 aliphatic rings. The van der Waals surface area contributed by atoms with Crippen LogP contribution < -0.4 is 0 Å². The van der Waals surface area contributed by atoms with Crippen LogP contribution in [0.3, 0.4) is 0 Å². The molecule has 3 nitrogen and oxygen atoms in total. The highest BCUT2D eigenvalue weighted by Gasteiger charge is 2.10. The number of rotatable bonds is 5. The lowest BCUT2D eigenvalue weighted by atomic mass is 9.99. The zero-order valence-electron chi connectivity index (χ0n) is 10.0. The first kappa shape index (κ1) is 14.0. The van der Waals surface area contributed by atoms with Gasteiger partial charge >= 0.3 is 5.97 Å². The molecule has 0 saturated carbocycles. The predicted octanol–water partition coefficient (Wildman–Crippen LogP) is 3.69. The van der Waals surface area contributed by atoms with Gasteiger partial charge in [-0.25, -0.2) is 0 Å². The second kappa shape index (κ2) is 6.05. The van der Waals surface area contributed by atoms with Crippen molar-refractivity contribution in [1.29, 1.82) is 0 Å². The van der Waals surface area contributed by atoms with Gasteiger partial charge < -0.3 is 10.2 Å². The van der Waals surface area contributed by atoms with Crippen LogP contribution in [0.5, 0.6) is 5.75 Å². The van der Waals surface area contributed by atoms with E-state index in [1.165, 1.54) is 0 Å². The Labute approximate surface area is 110 Å². The Bertz CT molecular complexity index is 413. The van der Waals surface area contributed by atoms with E-state index in [0.29, 0.717) is 18.8 Å². The molecule has 17 heavy (non-hydrogen) atoms. The van der Waals surface area contributed by atoms with Crippen molar-refractivity contribution in [3.05, 3.63) is 27.7 Å². The van der Waals surface area contributed by atoms with Gasteiger partial charge in [0.1, 0.15) is 5.75 Å². The summed E-state index contributed by atoms with van der Waals surface area (Å²) in [5.74, 6) is -0.215. The lowest BCUT2D eigenvalue weighted by molar-refractivity contribution is -0.137. The van der Waals surface area contributed by atoms with Crippen LogP contribution in [0.1, 0.15) is 43.7 Å². The fourth-order valence-corrected chi connectivity index (χ4v) is 2.54. The van der Waals surface area contributed by atoms with Gasteiger partial charge in [-0.1, -0.05) is 29.8 Å². The first-order chi connectivity index (χ1) is 7.91. The summed E-state index contributed by atoms with van der Waals surface area (Å²) in [6.07, 6.45) is 1.24. The molecule has 1 rings (SSSR count). The molecular formula is C13H17BrO3. The van der Waals surface area contributed by atoms with Crippen molar-refractivity contribution in [3.8, 4) is 5.75 Å². The summed E-state index contributed by atoms with van der Waals surface area (Å²) in [5, 5.41) is 18.4. The number of carboxylic acid groups (broad SMARTS) is 1. The average molecular weight is 301 g/mol. The molecule has 0 unspecified atom stereocenters. The second-order valence-corrected chi connectivity index (χ2v) is 5.26. The molecule has 0 aromatic heterocycles. The van der Waals surface area contributed by atoms with Crippen molar-refractivity contribution in [2.24, 2.45) is 0 Å². The summed E-state index contributed by atoms with van der Waals surface area (Å²) in [6, 6.07) is 3.64. The smallest absolute Gasteiger partial charge is 0.303 e. The molecule has 0 bridgehead atoms. The molecule has 0 heterocycles. The van der Waals surface area contributed by atoms with Gasteiger partial charge in [0, 0.05) is 10.9 Å². The Balaban J connectivity index is 2.81. The normalized spacial score (nSPS) is 10.8. The van der Waals surface area contributed by atoms with E-state index in [1.54, 1.807) is 6.07 Å². The molecule has 0 spiro atoms. The summed E-state index contributed by atoms with van der Waals surface area (Å²) in [4.78, 5) is 10.4. The van der Waals surface area contributed by atoms with Crippen molar-refractivity contribution in [2.75, 3.05) is 0 Å². The van der Waals surface area contributed by atoms with Crippen LogP contribution >= 0.6 is 15.9 Å². The van der Waals surface area contributed by atoms with Crippen molar-refractivity contribution in [1.82, 2.24) is 0 Å². The molecular weight excluding hydrogens is 284 g/mol. The van der Waals surface area contributed by atoms with Gasteiger partial charge in [0.05, 0.1) is 0 Å². The third kappa shape index (κ3) is 4.04. The molecule has 0 radical (unpaired) electrons. The van der Waals surface area contributed by atoms with E-state index >= 15 is 0 Å². The third-order valence-electron chi connectivity index (χ3n) is 2.66. The van der Waals surface area contributed by atoms with E-state index in [9.17, 15) is 9.90 Å². The minimum Gasteiger partial charge on any atom is -0.508 e. The highest BCUT2D eigenvalue weighted by atomic mass is 79.9. The lowest BCUT2D eigenvalue weighted by Gasteiger charge is -2.12. The van der Waals surface area contributed by atoms with Crippen LogP contribution in [0.15, 0.2) is 16.6 Å². The fourth-order valence-electron chi connectivity index (χ4n) is 1.69. The van der Waals surface area contributed by atoms with E-state index in [1.807, 2.05) is 6.07 Å². The number of aryl methyl sites for hydroxylation is 1. The Morgan fingerprint density at radius 1 is 1.41 bits per heavy atom. The van der Waals surface area contributed by atoms with E-state index in [4.69, 9.17) is 5.11 Å². The molecule has 0 fully saturated rings. The monoisotopic (exact) mass is 300 g/mol. The molecule has 0 aliphatic carbocycles. The van der Waals surface area contributed by atoms with Crippen molar-refractivity contribution in [3.63, 3.8) is 0 Å². The van der Waals surface area contributed by atoms with Crippen molar-refractivity contribution >= 4 is 21.9 Å². The van der Waals surface area contributed by atoms with Gasteiger partial charge in [0.15, 0.2) is 0 Å². The second-order valence-electron chi connectivity index (χ2n) is 4.40. The van der Waals surface area contributed by atoms with Crippen LogP contribution in [0, 0.1) is 0 Å². The Hall–Kier alpha value is -1.03. The number of hydrogen-bond donors (Lipinski definition) is 2. The SMILES string of the molecule is CC(C)c1cc(O)c(CCCC(=O)O)cc1Br. The first-order valence-corrected chi connectivity index (χ1v) is 6.44. The number of aromatic hydroxyl groups is 1. The number of hydrogen-bond acceptors (Lipinski definition) is 2. The maximum Gasteiger partial charge on any atom is 0.303 e. The van der Waals surface area contributed by atoms with Gasteiger partial charge in [-0.2, -0.15) is 0 Å². The van der Waals surface area contributed by atoms with Gasteiger partial charge in [-0.05, 0) is 42.0 Å². The van der Waals surface area contributed by atoms with Gasteiger partial charge in [-0.3, -0.25) is 4.79 Å². The summed E-state index contributed by atoms with van der Waals surface area (Å²) >= 11 is 3.48. The van der Waals surface area contributed by atoms with Crippen molar-refractivity contribution < 1.29 is 15.0 Å². The van der Waals surface area contributed by atoms with E-state index < -0.39 is 5.97 Å². The number of phenolic OH excluding ortho intramolecular Hbond substituents is 1. The summed E-state index contributed by atoms with van der Waals surface area (Å²) < 4.78 is 0.968. The molecule has 94 valence electrons. The zero-order chi connectivity index (χ0) is 13.0. The highest BCUT2D eigenvalue weighted by molar-refractivity contribution is 9.10. The summed E-state index contributed by atoms with van der Waals surface area (Å²) in [5.41, 5.74) is 1.85. The standard InChI is InChI=1S/C13H17BrO3/c1-8(2)10-7-12(15)9(6-11(10)14)4-3-5-13(16)17/h6-8,15H,3-5H2,1-2H3,(H,16,17). The number of benzene rings is 1. The third-order valence-corrected chi connectivity index (χ3v) is 3.34. The molecule has 1 aromatic rings. The predicted molar refractivity (Wildman–Crippen MR) is 70.5 cm³/mol. The topological polar surface area (TPSA) is 57.5 Å². The number of aliphatic carboxylic acids is 1. The highest BCUT2D eigenvalue weighted by Crippen LogP contribution is 2.32. The minimum absolute atomic E-state index is 0.128. The number of halogens is 1. The quantitative estimate of drug-likeness (QED) is 0.872. The van der Waals surface area contributed by atoms with Gasteiger partial charge in [0.2, 0.25) is 0 Å². The molecule has 0 aliphatic heterocycles. The lowest BCUT2D eigenvalue weighted by Crippen LogP contribution is -1.97. The molecule has 0 saturated heterocycles. The Morgan fingerprint density at radius 2 is 2.06 bits per heavy atom. The largest absolute Gasteiger partial charge is 0.508 e. The number of carboxylic acids is 1.